The van der Waals surface area contributed by atoms with Gasteiger partial charge < -0.3 is 4.57 Å². The number of hydrogen-bond acceptors (Lipinski definition) is 4. The number of sulfonamides is 1. The number of rotatable bonds is 5. The molecule has 1 aliphatic rings. The Morgan fingerprint density at radius 1 is 1.19 bits per heavy atom. The van der Waals surface area contributed by atoms with Crippen LogP contribution in [0, 0.1) is 5.92 Å². The van der Waals surface area contributed by atoms with Crippen molar-refractivity contribution in [2.45, 2.75) is 25.1 Å². The molecule has 4 rings (SSSR count). The molecule has 26 heavy (non-hydrogen) atoms. The minimum Gasteiger partial charge on any atom is -0.335 e. The van der Waals surface area contributed by atoms with Crippen molar-refractivity contribution in [1.29, 1.82) is 0 Å². The molecule has 3 heterocycles. The first-order chi connectivity index (χ1) is 12.5. The van der Waals surface area contributed by atoms with Gasteiger partial charge >= 0.3 is 0 Å². The van der Waals surface area contributed by atoms with E-state index in [9.17, 15) is 8.42 Å². The molecule has 0 N–H and O–H groups in total. The van der Waals surface area contributed by atoms with Crippen LogP contribution in [0.4, 0.5) is 0 Å². The number of pyridine rings is 1. The molecule has 1 aromatic carbocycles. The number of aryl methyl sites for hydroxylation is 1. The third kappa shape index (κ3) is 3.37. The number of imidazole rings is 1. The summed E-state index contributed by atoms with van der Waals surface area (Å²) in [5.41, 5.74) is 1.50. The van der Waals surface area contributed by atoms with E-state index in [1.54, 1.807) is 13.2 Å². The van der Waals surface area contributed by atoms with E-state index in [-0.39, 0.29) is 5.75 Å². The highest BCUT2D eigenvalue weighted by molar-refractivity contribution is 7.88. The molecular formula is C19H22N4O2S. The van der Waals surface area contributed by atoms with E-state index >= 15 is 0 Å². The summed E-state index contributed by atoms with van der Waals surface area (Å²) in [5.74, 6) is 1.37. The van der Waals surface area contributed by atoms with Crippen LogP contribution in [0.5, 0.6) is 0 Å². The predicted octanol–water partition coefficient (Wildman–Crippen LogP) is 2.46. The van der Waals surface area contributed by atoms with Crippen LogP contribution >= 0.6 is 0 Å². The molecule has 2 aromatic heterocycles. The summed E-state index contributed by atoms with van der Waals surface area (Å²) in [6.07, 6.45) is 7.35. The van der Waals surface area contributed by atoms with Crippen molar-refractivity contribution in [2.75, 3.05) is 13.6 Å². The Hall–Kier alpha value is -2.25. The topological polar surface area (TPSA) is 68.1 Å². The first-order valence-electron chi connectivity index (χ1n) is 8.79. The van der Waals surface area contributed by atoms with Crippen molar-refractivity contribution in [1.82, 2.24) is 18.8 Å². The summed E-state index contributed by atoms with van der Waals surface area (Å²) >= 11 is 0. The fourth-order valence-corrected chi connectivity index (χ4v) is 4.94. The van der Waals surface area contributed by atoms with Crippen LogP contribution in [0.15, 0.2) is 48.9 Å². The quantitative estimate of drug-likeness (QED) is 0.692. The SMILES string of the molecule is CN(C[C@H]1CCc2nccn2C1)S(=O)(=O)Cc1cccc2cccnc12. The van der Waals surface area contributed by atoms with E-state index in [1.807, 2.05) is 42.7 Å². The Balaban J connectivity index is 1.49. The summed E-state index contributed by atoms with van der Waals surface area (Å²) in [7, 11) is -1.72. The average molecular weight is 370 g/mol. The Labute approximate surface area is 153 Å². The highest BCUT2D eigenvalue weighted by Gasteiger charge is 2.26. The van der Waals surface area contributed by atoms with E-state index < -0.39 is 10.0 Å². The summed E-state index contributed by atoms with van der Waals surface area (Å²) in [5, 5.41) is 0.961. The van der Waals surface area contributed by atoms with Crippen molar-refractivity contribution >= 4 is 20.9 Å². The first-order valence-corrected chi connectivity index (χ1v) is 10.4. The van der Waals surface area contributed by atoms with Gasteiger partial charge in [-0.3, -0.25) is 4.98 Å². The summed E-state index contributed by atoms with van der Waals surface area (Å²) in [4.78, 5) is 8.69. The normalized spacial score (nSPS) is 17.5. The van der Waals surface area contributed by atoms with Gasteiger partial charge in [0.15, 0.2) is 0 Å². The molecule has 0 radical (unpaired) electrons. The maximum atomic E-state index is 12.9. The predicted molar refractivity (Wildman–Crippen MR) is 101 cm³/mol. The molecule has 3 aromatic rings. The maximum Gasteiger partial charge on any atom is 0.218 e. The minimum absolute atomic E-state index is 0.0269. The number of para-hydroxylation sites is 1. The second kappa shape index (κ2) is 6.81. The molecule has 1 aliphatic heterocycles. The highest BCUT2D eigenvalue weighted by atomic mass is 32.2. The Kier molecular flexibility index (Phi) is 4.50. The maximum absolute atomic E-state index is 12.9. The van der Waals surface area contributed by atoms with Crippen molar-refractivity contribution in [3.63, 3.8) is 0 Å². The van der Waals surface area contributed by atoms with Crippen LogP contribution in [0.3, 0.4) is 0 Å². The van der Waals surface area contributed by atoms with Gasteiger partial charge in [0.1, 0.15) is 5.82 Å². The van der Waals surface area contributed by atoms with E-state index in [0.717, 1.165) is 41.7 Å². The molecule has 0 saturated carbocycles. The lowest BCUT2D eigenvalue weighted by Crippen LogP contribution is -2.36. The summed E-state index contributed by atoms with van der Waals surface area (Å²) < 4.78 is 29.4. The third-order valence-electron chi connectivity index (χ3n) is 5.08. The van der Waals surface area contributed by atoms with Gasteiger partial charge in [0, 0.05) is 50.5 Å². The fraction of sp³-hybridized carbons (Fsp3) is 0.368. The monoisotopic (exact) mass is 370 g/mol. The zero-order chi connectivity index (χ0) is 18.1. The third-order valence-corrected chi connectivity index (χ3v) is 6.85. The smallest absolute Gasteiger partial charge is 0.218 e. The fourth-order valence-electron chi connectivity index (χ4n) is 3.65. The second-order valence-electron chi connectivity index (χ2n) is 6.93. The molecule has 0 aliphatic carbocycles. The molecule has 0 fully saturated rings. The van der Waals surface area contributed by atoms with Gasteiger partial charge in [0.25, 0.3) is 0 Å². The number of aromatic nitrogens is 3. The number of nitrogens with zero attached hydrogens (tertiary/aromatic N) is 4. The number of hydrogen-bond donors (Lipinski definition) is 0. The molecule has 6 nitrogen and oxygen atoms in total. The average Bonchev–Trinajstić information content (AvgIpc) is 3.09. The summed E-state index contributed by atoms with van der Waals surface area (Å²) in [6, 6.07) is 9.50. The molecule has 0 saturated heterocycles. The molecule has 136 valence electrons. The zero-order valence-electron chi connectivity index (χ0n) is 14.7. The molecule has 0 amide bonds. The minimum atomic E-state index is -3.40. The van der Waals surface area contributed by atoms with Crippen molar-refractivity contribution in [3.05, 3.63) is 60.3 Å². The lowest BCUT2D eigenvalue weighted by atomic mass is 10.00. The number of benzene rings is 1. The lowest BCUT2D eigenvalue weighted by Gasteiger charge is -2.27. The first kappa shape index (κ1) is 17.2. The van der Waals surface area contributed by atoms with Crippen LogP contribution in [0.1, 0.15) is 17.8 Å². The highest BCUT2D eigenvalue weighted by Crippen LogP contribution is 2.23. The van der Waals surface area contributed by atoms with Crippen LogP contribution in [0.2, 0.25) is 0 Å². The molecule has 7 heteroatoms. The van der Waals surface area contributed by atoms with E-state index in [1.165, 1.54) is 4.31 Å². The Bertz CT molecular complexity index is 1020. The van der Waals surface area contributed by atoms with Crippen molar-refractivity contribution < 1.29 is 8.42 Å². The molecular weight excluding hydrogens is 348 g/mol. The van der Waals surface area contributed by atoms with Gasteiger partial charge in [-0.25, -0.2) is 17.7 Å². The Morgan fingerprint density at radius 3 is 2.92 bits per heavy atom. The molecule has 0 unspecified atom stereocenters. The zero-order valence-corrected chi connectivity index (χ0v) is 15.6. The largest absolute Gasteiger partial charge is 0.335 e. The van der Waals surface area contributed by atoms with Gasteiger partial charge in [-0.15, -0.1) is 0 Å². The molecule has 0 spiro atoms. The van der Waals surface area contributed by atoms with Gasteiger partial charge in [0.05, 0.1) is 11.3 Å². The van der Waals surface area contributed by atoms with Crippen molar-refractivity contribution in [2.24, 2.45) is 5.92 Å². The van der Waals surface area contributed by atoms with Gasteiger partial charge in [-0.05, 0) is 24.0 Å². The van der Waals surface area contributed by atoms with E-state index in [4.69, 9.17) is 0 Å². The Morgan fingerprint density at radius 2 is 2.04 bits per heavy atom. The lowest BCUT2D eigenvalue weighted by molar-refractivity contribution is 0.303. The van der Waals surface area contributed by atoms with Crippen LogP contribution in [-0.4, -0.2) is 40.9 Å². The van der Waals surface area contributed by atoms with E-state index in [0.29, 0.717) is 12.5 Å². The number of fused-ring (bicyclic) bond motifs is 2. The van der Waals surface area contributed by atoms with Crippen LogP contribution in [-0.2, 0) is 28.7 Å². The van der Waals surface area contributed by atoms with Crippen LogP contribution in [0.25, 0.3) is 10.9 Å². The van der Waals surface area contributed by atoms with Crippen molar-refractivity contribution in [3.8, 4) is 0 Å². The second-order valence-corrected chi connectivity index (χ2v) is 9.01. The van der Waals surface area contributed by atoms with Gasteiger partial charge in [-0.1, -0.05) is 24.3 Å². The van der Waals surface area contributed by atoms with Gasteiger partial charge in [-0.2, -0.15) is 0 Å². The standard InChI is InChI=1S/C19H22N4O2S/c1-22(12-15-7-8-18-20-10-11-23(18)13-15)26(24,25)14-17-5-2-4-16-6-3-9-21-19(16)17/h2-6,9-11,15H,7-8,12-14H2,1H3/t15-/m1/s1. The molecule has 1 atom stereocenters. The summed E-state index contributed by atoms with van der Waals surface area (Å²) in [6.45, 7) is 1.35. The van der Waals surface area contributed by atoms with Gasteiger partial charge in [0.2, 0.25) is 10.0 Å². The van der Waals surface area contributed by atoms with E-state index in [2.05, 4.69) is 14.5 Å². The molecule has 0 bridgehead atoms. The van der Waals surface area contributed by atoms with Crippen LogP contribution < -0.4 is 0 Å².